The van der Waals surface area contributed by atoms with Gasteiger partial charge in [0.05, 0.1) is 0 Å². The van der Waals surface area contributed by atoms with E-state index >= 15 is 0 Å². The normalized spacial score (nSPS) is 21.9. The van der Waals surface area contributed by atoms with Crippen LogP contribution in [-0.4, -0.2) is 18.1 Å². The quantitative estimate of drug-likeness (QED) is 0.661. The van der Waals surface area contributed by atoms with Crippen LogP contribution in [0.3, 0.4) is 0 Å². The first-order valence-corrected chi connectivity index (χ1v) is 5.53. The molecule has 0 amide bonds. The van der Waals surface area contributed by atoms with E-state index in [1.165, 1.54) is 25.7 Å². The van der Waals surface area contributed by atoms with E-state index in [2.05, 4.69) is 26.1 Å². The maximum atomic E-state index is 5.81. The molecule has 0 saturated heterocycles. The Labute approximate surface area is 82.3 Å². The highest BCUT2D eigenvalue weighted by atomic mass is 15.0. The lowest BCUT2D eigenvalue weighted by atomic mass is 9.92. The highest BCUT2D eigenvalue weighted by Gasteiger charge is 2.30. The molecule has 2 nitrogen and oxygen atoms in total. The van der Waals surface area contributed by atoms with Gasteiger partial charge in [-0.25, -0.2) is 0 Å². The minimum atomic E-state index is 0.186. The van der Waals surface area contributed by atoms with Crippen LogP contribution in [0, 0.1) is 5.92 Å². The van der Waals surface area contributed by atoms with Crippen molar-refractivity contribution in [3.63, 3.8) is 0 Å². The van der Waals surface area contributed by atoms with E-state index < -0.39 is 0 Å². The van der Waals surface area contributed by atoms with Crippen LogP contribution >= 0.6 is 0 Å². The van der Waals surface area contributed by atoms with Gasteiger partial charge in [0.15, 0.2) is 0 Å². The van der Waals surface area contributed by atoms with Crippen LogP contribution in [0.2, 0.25) is 0 Å². The maximum absolute atomic E-state index is 5.81. The summed E-state index contributed by atoms with van der Waals surface area (Å²) in [5.74, 6) is 0.784. The molecule has 0 aliphatic heterocycles. The summed E-state index contributed by atoms with van der Waals surface area (Å²) in [7, 11) is 0. The third-order valence-corrected chi connectivity index (χ3v) is 2.85. The monoisotopic (exact) mass is 184 g/mol. The molecule has 3 N–H and O–H groups in total. The molecular weight excluding hydrogens is 160 g/mol. The summed E-state index contributed by atoms with van der Waals surface area (Å²) in [5.41, 5.74) is 5.99. The van der Waals surface area contributed by atoms with Crippen molar-refractivity contribution in [1.82, 2.24) is 5.32 Å². The van der Waals surface area contributed by atoms with Crippen LogP contribution in [-0.2, 0) is 0 Å². The average Bonchev–Trinajstić information content (AvgIpc) is 2.85. The van der Waals surface area contributed by atoms with Crippen molar-refractivity contribution in [3.8, 4) is 0 Å². The Morgan fingerprint density at radius 3 is 2.46 bits per heavy atom. The van der Waals surface area contributed by atoms with Crippen LogP contribution < -0.4 is 11.1 Å². The molecule has 78 valence electrons. The third-order valence-electron chi connectivity index (χ3n) is 2.85. The highest BCUT2D eigenvalue weighted by molar-refractivity contribution is 4.93. The van der Waals surface area contributed by atoms with Crippen LogP contribution in [0.25, 0.3) is 0 Å². The standard InChI is InChI=1S/C11H24N2/c1-9(2)6-7-11(3,8-12)13-10-4-5-10/h9-10,13H,4-8,12H2,1-3H3. The molecule has 1 aliphatic rings. The zero-order valence-electron chi connectivity index (χ0n) is 9.27. The molecule has 1 fully saturated rings. The molecule has 0 bridgehead atoms. The number of nitrogens with one attached hydrogen (secondary N) is 1. The second-order valence-electron chi connectivity index (χ2n) is 5.12. The highest BCUT2D eigenvalue weighted by Crippen LogP contribution is 2.25. The largest absolute Gasteiger partial charge is 0.329 e. The van der Waals surface area contributed by atoms with E-state index in [1.54, 1.807) is 0 Å². The number of rotatable bonds is 6. The van der Waals surface area contributed by atoms with E-state index in [-0.39, 0.29) is 5.54 Å². The molecule has 0 aromatic heterocycles. The lowest BCUT2D eigenvalue weighted by Crippen LogP contribution is -2.49. The Bertz CT molecular complexity index is 152. The molecular formula is C11H24N2. The van der Waals surface area contributed by atoms with Crippen molar-refractivity contribution in [3.05, 3.63) is 0 Å². The summed E-state index contributed by atoms with van der Waals surface area (Å²) in [4.78, 5) is 0. The lowest BCUT2D eigenvalue weighted by molar-refractivity contribution is 0.310. The fraction of sp³-hybridized carbons (Fsp3) is 1.00. The van der Waals surface area contributed by atoms with Crippen LogP contribution in [0.4, 0.5) is 0 Å². The summed E-state index contributed by atoms with van der Waals surface area (Å²) >= 11 is 0. The van der Waals surface area contributed by atoms with Crippen molar-refractivity contribution in [2.45, 2.75) is 58.0 Å². The summed E-state index contributed by atoms with van der Waals surface area (Å²) in [6.07, 6.45) is 5.17. The predicted octanol–water partition coefficient (Wildman–Crippen LogP) is 1.89. The Kier molecular flexibility index (Phi) is 3.74. The van der Waals surface area contributed by atoms with Gasteiger partial charge in [0, 0.05) is 18.1 Å². The van der Waals surface area contributed by atoms with Crippen molar-refractivity contribution < 1.29 is 0 Å². The molecule has 1 unspecified atom stereocenters. The summed E-state index contributed by atoms with van der Waals surface area (Å²) in [6.45, 7) is 7.56. The van der Waals surface area contributed by atoms with Gasteiger partial charge < -0.3 is 11.1 Å². The molecule has 0 aromatic carbocycles. The molecule has 1 rings (SSSR count). The molecule has 0 spiro atoms. The first-order valence-electron chi connectivity index (χ1n) is 5.53. The van der Waals surface area contributed by atoms with Gasteiger partial charge in [0.25, 0.3) is 0 Å². The average molecular weight is 184 g/mol. The Hall–Kier alpha value is -0.0800. The van der Waals surface area contributed by atoms with Gasteiger partial charge in [0.2, 0.25) is 0 Å². The molecule has 2 heteroatoms. The molecule has 1 saturated carbocycles. The second-order valence-corrected chi connectivity index (χ2v) is 5.12. The fourth-order valence-electron chi connectivity index (χ4n) is 1.56. The zero-order chi connectivity index (χ0) is 9.90. The Morgan fingerprint density at radius 1 is 1.46 bits per heavy atom. The van der Waals surface area contributed by atoms with Gasteiger partial charge in [-0.05, 0) is 38.5 Å². The van der Waals surface area contributed by atoms with Crippen LogP contribution in [0.1, 0.15) is 46.5 Å². The topological polar surface area (TPSA) is 38.0 Å². The predicted molar refractivity (Wildman–Crippen MR) is 57.7 cm³/mol. The number of hydrogen-bond acceptors (Lipinski definition) is 2. The maximum Gasteiger partial charge on any atom is 0.0278 e. The molecule has 13 heavy (non-hydrogen) atoms. The van der Waals surface area contributed by atoms with Gasteiger partial charge in [-0.1, -0.05) is 13.8 Å². The smallest absolute Gasteiger partial charge is 0.0278 e. The summed E-state index contributed by atoms with van der Waals surface area (Å²) in [6, 6.07) is 0.765. The minimum Gasteiger partial charge on any atom is -0.329 e. The Balaban J connectivity index is 2.28. The van der Waals surface area contributed by atoms with Crippen molar-refractivity contribution >= 4 is 0 Å². The fourth-order valence-corrected chi connectivity index (χ4v) is 1.56. The molecule has 0 aromatic rings. The van der Waals surface area contributed by atoms with Gasteiger partial charge >= 0.3 is 0 Å². The first-order chi connectivity index (χ1) is 6.06. The first kappa shape index (κ1) is 11.0. The molecule has 1 aliphatic carbocycles. The van der Waals surface area contributed by atoms with Gasteiger partial charge in [-0.15, -0.1) is 0 Å². The molecule has 0 heterocycles. The lowest BCUT2D eigenvalue weighted by Gasteiger charge is -2.30. The summed E-state index contributed by atoms with van der Waals surface area (Å²) < 4.78 is 0. The molecule has 0 radical (unpaired) electrons. The van der Waals surface area contributed by atoms with E-state index in [4.69, 9.17) is 5.73 Å². The van der Waals surface area contributed by atoms with Gasteiger partial charge in [-0.3, -0.25) is 0 Å². The van der Waals surface area contributed by atoms with E-state index in [0.717, 1.165) is 18.5 Å². The van der Waals surface area contributed by atoms with E-state index in [1.807, 2.05) is 0 Å². The number of hydrogen-bond donors (Lipinski definition) is 2. The molecule has 1 atom stereocenters. The van der Waals surface area contributed by atoms with Crippen LogP contribution in [0.5, 0.6) is 0 Å². The Morgan fingerprint density at radius 2 is 2.08 bits per heavy atom. The van der Waals surface area contributed by atoms with Crippen LogP contribution in [0.15, 0.2) is 0 Å². The minimum absolute atomic E-state index is 0.186. The van der Waals surface area contributed by atoms with E-state index in [9.17, 15) is 0 Å². The van der Waals surface area contributed by atoms with Gasteiger partial charge in [0.1, 0.15) is 0 Å². The summed E-state index contributed by atoms with van der Waals surface area (Å²) in [5, 5.41) is 3.65. The van der Waals surface area contributed by atoms with Crippen molar-refractivity contribution in [1.29, 1.82) is 0 Å². The van der Waals surface area contributed by atoms with Crippen molar-refractivity contribution in [2.75, 3.05) is 6.54 Å². The zero-order valence-corrected chi connectivity index (χ0v) is 9.27. The van der Waals surface area contributed by atoms with Gasteiger partial charge in [-0.2, -0.15) is 0 Å². The number of nitrogens with two attached hydrogens (primary N) is 1. The van der Waals surface area contributed by atoms with E-state index in [0.29, 0.717) is 0 Å². The third kappa shape index (κ3) is 4.10. The SMILES string of the molecule is CC(C)CCC(C)(CN)NC1CC1. The van der Waals surface area contributed by atoms with Crippen molar-refractivity contribution in [2.24, 2.45) is 11.7 Å². The second kappa shape index (κ2) is 4.43.